The monoisotopic (exact) mass is 343 g/mol. The van der Waals surface area contributed by atoms with Crippen molar-refractivity contribution in [1.29, 1.82) is 0 Å². The van der Waals surface area contributed by atoms with Crippen molar-refractivity contribution in [3.05, 3.63) is 47.9 Å². The van der Waals surface area contributed by atoms with Crippen LogP contribution in [0, 0.1) is 0 Å². The third kappa shape index (κ3) is 4.95. The predicted octanol–water partition coefficient (Wildman–Crippen LogP) is 3.99. The maximum absolute atomic E-state index is 12.5. The van der Waals surface area contributed by atoms with Crippen molar-refractivity contribution in [3.8, 4) is 5.75 Å². The summed E-state index contributed by atoms with van der Waals surface area (Å²) in [6.45, 7) is 2.23. The number of nitrogens with one attached hydrogen (secondary N) is 1. The van der Waals surface area contributed by atoms with Gasteiger partial charge in [-0.2, -0.15) is 8.78 Å². The van der Waals surface area contributed by atoms with Crippen LogP contribution in [0.25, 0.3) is 0 Å². The number of rotatable bonds is 8. The molecule has 0 aliphatic carbocycles. The van der Waals surface area contributed by atoms with Gasteiger partial charge in [0.15, 0.2) is 0 Å². The van der Waals surface area contributed by atoms with E-state index in [1.54, 1.807) is 30.3 Å². The van der Waals surface area contributed by atoms with E-state index in [1.165, 1.54) is 13.4 Å². The number of furan rings is 1. The van der Waals surface area contributed by atoms with Crippen LogP contribution in [0.3, 0.4) is 0 Å². The van der Waals surface area contributed by atoms with Crippen molar-refractivity contribution in [3.63, 3.8) is 0 Å². The summed E-state index contributed by atoms with van der Waals surface area (Å²) in [7, 11) is 1.45. The molecule has 126 valence electrons. The largest absolute Gasteiger partial charge is 0.496 e. The molecule has 0 aliphatic rings. The Balaban J connectivity index is 2.00. The van der Waals surface area contributed by atoms with Gasteiger partial charge in [0.25, 0.3) is 5.76 Å². The van der Waals surface area contributed by atoms with Crippen LogP contribution in [0.15, 0.2) is 45.9 Å². The van der Waals surface area contributed by atoms with Gasteiger partial charge < -0.3 is 19.6 Å². The van der Waals surface area contributed by atoms with Gasteiger partial charge in [0.1, 0.15) is 17.6 Å². The first kappa shape index (κ1) is 17.8. The first-order chi connectivity index (χ1) is 11.0. The lowest BCUT2D eigenvalue weighted by molar-refractivity contribution is 0.144. The molecule has 2 unspecified atom stereocenters. The minimum absolute atomic E-state index is 0.0842. The van der Waals surface area contributed by atoms with Gasteiger partial charge >= 0.3 is 0 Å². The van der Waals surface area contributed by atoms with E-state index in [2.05, 4.69) is 5.32 Å². The summed E-state index contributed by atoms with van der Waals surface area (Å²) in [5.41, 5.74) is 0.882. The molecule has 0 bridgehead atoms. The van der Waals surface area contributed by atoms with E-state index < -0.39 is 11.9 Å². The summed E-state index contributed by atoms with van der Waals surface area (Å²) >= 11 is 0.455. The van der Waals surface area contributed by atoms with Crippen molar-refractivity contribution >= 4 is 11.8 Å². The van der Waals surface area contributed by atoms with E-state index in [-0.39, 0.29) is 6.04 Å². The summed E-state index contributed by atoms with van der Waals surface area (Å²) in [6, 6.07) is 8.44. The lowest BCUT2D eigenvalue weighted by Gasteiger charge is -2.18. The van der Waals surface area contributed by atoms with Gasteiger partial charge in [0.2, 0.25) is 0 Å². The number of benzene rings is 1. The lowest BCUT2D eigenvalue weighted by Crippen LogP contribution is -2.24. The SMILES string of the molecule is COc1cc(C(C)NCC(O)c2ccco2)ccc1SC(F)F. The zero-order chi connectivity index (χ0) is 16.8. The molecule has 0 saturated heterocycles. The van der Waals surface area contributed by atoms with E-state index >= 15 is 0 Å². The van der Waals surface area contributed by atoms with Crippen molar-refractivity contribution in [2.75, 3.05) is 13.7 Å². The van der Waals surface area contributed by atoms with E-state index in [1.807, 2.05) is 6.92 Å². The van der Waals surface area contributed by atoms with Crippen LogP contribution in [-0.2, 0) is 0 Å². The van der Waals surface area contributed by atoms with Crippen molar-refractivity contribution in [1.82, 2.24) is 5.32 Å². The van der Waals surface area contributed by atoms with Crippen LogP contribution in [-0.4, -0.2) is 24.5 Å². The van der Waals surface area contributed by atoms with E-state index in [0.717, 1.165) is 5.56 Å². The molecule has 0 fully saturated rings. The Morgan fingerprint density at radius 1 is 1.35 bits per heavy atom. The molecule has 2 rings (SSSR count). The smallest absolute Gasteiger partial charge is 0.289 e. The van der Waals surface area contributed by atoms with Gasteiger partial charge in [-0.1, -0.05) is 17.8 Å². The average Bonchev–Trinajstić information content (AvgIpc) is 3.06. The predicted molar refractivity (Wildman–Crippen MR) is 84.9 cm³/mol. The van der Waals surface area contributed by atoms with Gasteiger partial charge in [-0.15, -0.1) is 0 Å². The molecule has 0 aliphatic heterocycles. The molecule has 23 heavy (non-hydrogen) atoms. The molecule has 1 aromatic heterocycles. The second kappa shape index (κ2) is 8.33. The Morgan fingerprint density at radius 2 is 2.13 bits per heavy atom. The lowest BCUT2D eigenvalue weighted by atomic mass is 10.1. The number of aliphatic hydroxyl groups excluding tert-OH is 1. The van der Waals surface area contributed by atoms with Gasteiger partial charge in [-0.25, -0.2) is 0 Å². The molecular formula is C16H19F2NO3S. The second-order valence-electron chi connectivity index (χ2n) is 4.95. The maximum atomic E-state index is 12.5. The molecule has 2 aromatic rings. The van der Waals surface area contributed by atoms with Crippen molar-refractivity contribution < 1.29 is 23.0 Å². The normalized spacial score (nSPS) is 14.0. The molecule has 1 aromatic carbocycles. The molecule has 2 atom stereocenters. The minimum atomic E-state index is -2.49. The van der Waals surface area contributed by atoms with Crippen molar-refractivity contribution in [2.24, 2.45) is 0 Å². The zero-order valence-electron chi connectivity index (χ0n) is 12.8. The number of alkyl halides is 2. The molecule has 1 heterocycles. The summed E-state index contributed by atoms with van der Waals surface area (Å²) in [6.07, 6.45) is 0.759. The zero-order valence-corrected chi connectivity index (χ0v) is 13.6. The summed E-state index contributed by atoms with van der Waals surface area (Å²) in [4.78, 5) is 0.397. The minimum Gasteiger partial charge on any atom is -0.496 e. The van der Waals surface area contributed by atoms with Crippen LogP contribution in [0.4, 0.5) is 8.78 Å². The van der Waals surface area contributed by atoms with Gasteiger partial charge in [0, 0.05) is 12.6 Å². The molecule has 2 N–H and O–H groups in total. The van der Waals surface area contributed by atoms with Gasteiger partial charge in [-0.05, 0) is 36.8 Å². The summed E-state index contributed by atoms with van der Waals surface area (Å²) < 4.78 is 35.3. The number of hydrogen-bond acceptors (Lipinski definition) is 5. The topological polar surface area (TPSA) is 54.6 Å². The first-order valence-corrected chi connectivity index (χ1v) is 7.96. The molecule has 0 amide bonds. The van der Waals surface area contributed by atoms with E-state index in [0.29, 0.717) is 34.7 Å². The van der Waals surface area contributed by atoms with E-state index in [4.69, 9.17) is 9.15 Å². The second-order valence-corrected chi connectivity index (χ2v) is 5.98. The fraction of sp³-hybridized carbons (Fsp3) is 0.375. The Morgan fingerprint density at radius 3 is 2.74 bits per heavy atom. The number of ether oxygens (including phenoxy) is 1. The Kier molecular flexibility index (Phi) is 6.44. The third-order valence-electron chi connectivity index (χ3n) is 3.39. The fourth-order valence-electron chi connectivity index (χ4n) is 2.13. The molecule has 7 heteroatoms. The highest BCUT2D eigenvalue weighted by atomic mass is 32.2. The highest BCUT2D eigenvalue weighted by Crippen LogP contribution is 2.35. The fourth-order valence-corrected chi connectivity index (χ4v) is 2.73. The van der Waals surface area contributed by atoms with Crippen LogP contribution >= 0.6 is 11.8 Å². The first-order valence-electron chi connectivity index (χ1n) is 7.09. The van der Waals surface area contributed by atoms with Crippen LogP contribution in [0.5, 0.6) is 5.75 Å². The number of halogens is 2. The van der Waals surface area contributed by atoms with Gasteiger partial charge in [-0.3, -0.25) is 0 Å². The Hall–Kier alpha value is -1.57. The van der Waals surface area contributed by atoms with Crippen LogP contribution in [0.2, 0.25) is 0 Å². The highest BCUT2D eigenvalue weighted by molar-refractivity contribution is 7.99. The van der Waals surface area contributed by atoms with Gasteiger partial charge in [0.05, 0.1) is 18.3 Å². The van der Waals surface area contributed by atoms with Crippen LogP contribution in [0.1, 0.15) is 30.4 Å². The highest BCUT2D eigenvalue weighted by Gasteiger charge is 2.15. The standard InChI is InChI=1S/C16H19F2NO3S/c1-10(19-9-12(20)13-4-3-7-22-13)11-5-6-15(23-16(17)18)14(8-11)21-2/h3-8,10,12,16,19-20H,9H2,1-2H3. The molecular weight excluding hydrogens is 324 g/mol. The number of aliphatic hydroxyl groups is 1. The molecule has 0 radical (unpaired) electrons. The molecule has 0 spiro atoms. The third-order valence-corrected chi connectivity index (χ3v) is 4.16. The Labute approximate surface area is 137 Å². The number of hydrogen-bond donors (Lipinski definition) is 2. The maximum Gasteiger partial charge on any atom is 0.289 e. The summed E-state index contributed by atoms with van der Waals surface area (Å²) in [5.74, 6) is -1.59. The van der Waals surface area contributed by atoms with E-state index in [9.17, 15) is 13.9 Å². The van der Waals surface area contributed by atoms with Crippen LogP contribution < -0.4 is 10.1 Å². The number of methoxy groups -OCH3 is 1. The molecule has 4 nitrogen and oxygen atoms in total. The summed E-state index contributed by atoms with van der Waals surface area (Å²) in [5, 5.41) is 13.2. The van der Waals surface area contributed by atoms with Crippen molar-refractivity contribution in [2.45, 2.75) is 29.7 Å². The average molecular weight is 343 g/mol. The molecule has 0 saturated carbocycles. The quantitative estimate of drug-likeness (QED) is 0.710. The number of thioether (sulfide) groups is 1. The Bertz CT molecular complexity index is 607.